The van der Waals surface area contributed by atoms with Crippen molar-refractivity contribution in [1.29, 1.82) is 5.26 Å². The summed E-state index contributed by atoms with van der Waals surface area (Å²) in [6.07, 6.45) is 3.76. The van der Waals surface area contributed by atoms with Gasteiger partial charge in [-0.3, -0.25) is 4.79 Å². The van der Waals surface area contributed by atoms with Gasteiger partial charge in [-0.1, -0.05) is 0 Å². The first-order chi connectivity index (χ1) is 5.69. The number of nitriles is 1. The van der Waals surface area contributed by atoms with Crippen LogP contribution in [0.15, 0.2) is 0 Å². The van der Waals surface area contributed by atoms with E-state index >= 15 is 0 Å². The summed E-state index contributed by atoms with van der Waals surface area (Å²) in [4.78, 5) is 13.4. The van der Waals surface area contributed by atoms with Gasteiger partial charge in [-0.05, 0) is 25.7 Å². The molecule has 2 rings (SSSR count). The van der Waals surface area contributed by atoms with Crippen LogP contribution >= 0.6 is 0 Å². The van der Waals surface area contributed by atoms with Crippen molar-refractivity contribution in [3.05, 3.63) is 0 Å². The average molecular weight is 164 g/mol. The van der Waals surface area contributed by atoms with E-state index in [1.807, 2.05) is 7.05 Å². The maximum Gasteiger partial charge on any atom is 0.243 e. The first kappa shape index (κ1) is 7.60. The number of carbonyl (C=O) groups excluding carboxylic acids is 1. The van der Waals surface area contributed by atoms with Crippen molar-refractivity contribution in [3.8, 4) is 6.07 Å². The first-order valence-electron chi connectivity index (χ1n) is 4.38. The highest BCUT2D eigenvalue weighted by Gasteiger charge is 2.53. The van der Waals surface area contributed by atoms with E-state index in [0.717, 1.165) is 25.7 Å². The maximum atomic E-state index is 11.6. The largest absolute Gasteiger partial charge is 0.341 e. The Morgan fingerprint density at radius 1 is 1.58 bits per heavy atom. The predicted octanol–water partition coefficient (Wildman–Crippen LogP) is 0.911. The Kier molecular flexibility index (Phi) is 1.41. The molecule has 64 valence electrons. The summed E-state index contributed by atoms with van der Waals surface area (Å²) in [6.45, 7) is 0. The number of rotatable bonds is 2. The Morgan fingerprint density at radius 2 is 2.17 bits per heavy atom. The molecule has 0 radical (unpaired) electrons. The minimum Gasteiger partial charge on any atom is -0.341 e. The summed E-state index contributed by atoms with van der Waals surface area (Å²) in [5.41, 5.74) is -0.614. The SMILES string of the molecule is CN(C(=O)C1(C#N)CC1)C1CC1. The third-order valence-electron chi connectivity index (χ3n) is 2.79. The van der Waals surface area contributed by atoms with Crippen LogP contribution in [0.1, 0.15) is 25.7 Å². The number of hydrogen-bond acceptors (Lipinski definition) is 2. The van der Waals surface area contributed by atoms with Crippen LogP contribution in [-0.4, -0.2) is 23.9 Å². The fourth-order valence-electron chi connectivity index (χ4n) is 1.46. The molecule has 2 fully saturated rings. The zero-order valence-corrected chi connectivity index (χ0v) is 7.21. The summed E-state index contributed by atoms with van der Waals surface area (Å²) >= 11 is 0. The summed E-state index contributed by atoms with van der Waals surface area (Å²) in [7, 11) is 1.82. The molecule has 0 spiro atoms. The molecule has 0 aliphatic heterocycles. The number of hydrogen-bond donors (Lipinski definition) is 0. The van der Waals surface area contributed by atoms with Gasteiger partial charge >= 0.3 is 0 Å². The Bertz CT molecular complexity index is 258. The molecule has 12 heavy (non-hydrogen) atoms. The Balaban J connectivity index is 2.04. The van der Waals surface area contributed by atoms with Crippen LogP contribution in [0.3, 0.4) is 0 Å². The van der Waals surface area contributed by atoms with Crippen LogP contribution in [0, 0.1) is 16.7 Å². The molecular formula is C9H12N2O. The monoisotopic (exact) mass is 164 g/mol. The molecular weight excluding hydrogens is 152 g/mol. The van der Waals surface area contributed by atoms with E-state index < -0.39 is 5.41 Å². The van der Waals surface area contributed by atoms with Gasteiger partial charge in [-0.15, -0.1) is 0 Å². The summed E-state index contributed by atoms with van der Waals surface area (Å²) in [6, 6.07) is 2.56. The molecule has 0 saturated heterocycles. The quantitative estimate of drug-likeness (QED) is 0.609. The minimum atomic E-state index is -0.614. The summed E-state index contributed by atoms with van der Waals surface area (Å²) < 4.78 is 0. The lowest BCUT2D eigenvalue weighted by atomic mass is 10.1. The molecule has 2 aliphatic rings. The second-order valence-electron chi connectivity index (χ2n) is 3.84. The lowest BCUT2D eigenvalue weighted by molar-refractivity contribution is -0.134. The van der Waals surface area contributed by atoms with Crippen LogP contribution in [0.2, 0.25) is 0 Å². The maximum absolute atomic E-state index is 11.6. The van der Waals surface area contributed by atoms with E-state index in [-0.39, 0.29) is 5.91 Å². The van der Waals surface area contributed by atoms with Crippen molar-refractivity contribution in [2.45, 2.75) is 31.7 Å². The van der Waals surface area contributed by atoms with E-state index in [9.17, 15) is 4.79 Å². The Morgan fingerprint density at radius 3 is 2.50 bits per heavy atom. The summed E-state index contributed by atoms with van der Waals surface area (Å²) in [5, 5.41) is 8.78. The molecule has 2 aliphatic carbocycles. The average Bonchev–Trinajstić information content (AvgIpc) is 2.93. The van der Waals surface area contributed by atoms with Gasteiger partial charge in [0, 0.05) is 13.1 Å². The van der Waals surface area contributed by atoms with Crippen LogP contribution in [0.25, 0.3) is 0 Å². The van der Waals surface area contributed by atoms with E-state index in [0.29, 0.717) is 6.04 Å². The standard InChI is InChI=1S/C9H12N2O/c1-11(7-2-3-7)8(12)9(6-10)4-5-9/h7H,2-5H2,1H3. The zero-order valence-electron chi connectivity index (χ0n) is 7.21. The highest BCUT2D eigenvalue weighted by atomic mass is 16.2. The van der Waals surface area contributed by atoms with Gasteiger partial charge in [0.1, 0.15) is 5.41 Å². The molecule has 2 saturated carbocycles. The predicted molar refractivity (Wildman–Crippen MR) is 43.1 cm³/mol. The van der Waals surface area contributed by atoms with Crippen LogP contribution < -0.4 is 0 Å². The molecule has 0 aromatic heterocycles. The van der Waals surface area contributed by atoms with E-state index in [2.05, 4.69) is 6.07 Å². The second-order valence-corrected chi connectivity index (χ2v) is 3.84. The molecule has 3 nitrogen and oxygen atoms in total. The van der Waals surface area contributed by atoms with Gasteiger partial charge in [0.15, 0.2) is 0 Å². The Labute approximate surface area is 72.0 Å². The molecule has 1 amide bonds. The van der Waals surface area contributed by atoms with Crippen LogP contribution in [0.5, 0.6) is 0 Å². The van der Waals surface area contributed by atoms with Gasteiger partial charge in [0.2, 0.25) is 5.91 Å². The van der Waals surface area contributed by atoms with Crippen molar-refractivity contribution in [2.24, 2.45) is 5.41 Å². The molecule has 0 bridgehead atoms. The van der Waals surface area contributed by atoms with Gasteiger partial charge in [-0.2, -0.15) is 5.26 Å². The molecule has 0 aromatic carbocycles. The lowest BCUT2D eigenvalue weighted by Gasteiger charge is -2.18. The second kappa shape index (κ2) is 2.22. The normalized spacial score (nSPS) is 24.3. The topological polar surface area (TPSA) is 44.1 Å². The van der Waals surface area contributed by atoms with E-state index in [4.69, 9.17) is 5.26 Å². The van der Waals surface area contributed by atoms with Crippen molar-refractivity contribution in [3.63, 3.8) is 0 Å². The van der Waals surface area contributed by atoms with Crippen molar-refractivity contribution < 1.29 is 4.79 Å². The van der Waals surface area contributed by atoms with E-state index in [1.54, 1.807) is 4.90 Å². The molecule has 3 heteroatoms. The van der Waals surface area contributed by atoms with Crippen LogP contribution in [0.4, 0.5) is 0 Å². The van der Waals surface area contributed by atoms with Crippen molar-refractivity contribution in [1.82, 2.24) is 4.90 Å². The van der Waals surface area contributed by atoms with Crippen molar-refractivity contribution >= 4 is 5.91 Å². The molecule has 0 unspecified atom stereocenters. The van der Waals surface area contributed by atoms with Gasteiger partial charge in [-0.25, -0.2) is 0 Å². The fraction of sp³-hybridized carbons (Fsp3) is 0.778. The minimum absolute atomic E-state index is 0.0486. The Hall–Kier alpha value is -1.04. The van der Waals surface area contributed by atoms with Crippen molar-refractivity contribution in [2.75, 3.05) is 7.05 Å². The number of nitrogens with zero attached hydrogens (tertiary/aromatic N) is 2. The van der Waals surface area contributed by atoms with E-state index in [1.165, 1.54) is 0 Å². The molecule has 0 heterocycles. The molecule has 0 atom stereocenters. The third-order valence-corrected chi connectivity index (χ3v) is 2.79. The molecule has 0 aromatic rings. The van der Waals surface area contributed by atoms with Gasteiger partial charge in [0.25, 0.3) is 0 Å². The summed E-state index contributed by atoms with van der Waals surface area (Å²) in [5.74, 6) is 0.0486. The smallest absolute Gasteiger partial charge is 0.243 e. The molecule has 0 N–H and O–H groups in total. The lowest BCUT2D eigenvalue weighted by Crippen LogP contribution is -2.35. The van der Waals surface area contributed by atoms with Gasteiger partial charge in [0.05, 0.1) is 6.07 Å². The fourth-order valence-corrected chi connectivity index (χ4v) is 1.46. The number of amides is 1. The van der Waals surface area contributed by atoms with Gasteiger partial charge < -0.3 is 4.90 Å². The highest BCUT2D eigenvalue weighted by Crippen LogP contribution is 2.47. The first-order valence-corrected chi connectivity index (χ1v) is 4.38. The third kappa shape index (κ3) is 0.989. The number of carbonyl (C=O) groups is 1. The van der Waals surface area contributed by atoms with Crippen LogP contribution in [-0.2, 0) is 4.79 Å². The zero-order chi connectivity index (χ0) is 8.77. The highest BCUT2D eigenvalue weighted by molar-refractivity contribution is 5.88.